The third-order valence-electron chi connectivity index (χ3n) is 12.5. The van der Waals surface area contributed by atoms with Gasteiger partial charge in [0.2, 0.25) is 0 Å². The first-order valence-corrected chi connectivity index (χ1v) is 28.9. The van der Waals surface area contributed by atoms with Crippen LogP contribution in [0, 0.1) is 59.7 Å². The quantitative estimate of drug-likeness (QED) is 0.0270. The van der Waals surface area contributed by atoms with Gasteiger partial charge in [-0.1, -0.05) is 134 Å². The van der Waals surface area contributed by atoms with Crippen LogP contribution in [0.2, 0.25) is 23.2 Å². The number of phenolic OH excluding ortho intramolecular Hbond substituents is 2. The van der Waals surface area contributed by atoms with Gasteiger partial charge in [-0.15, -0.1) is 13.0 Å². The van der Waals surface area contributed by atoms with Gasteiger partial charge in [0.1, 0.15) is 29.5 Å². The molecule has 15 heteroatoms. The standard InChI is InChI=1S/C21H32O3Si.C19H19ClO5.C8H14O.C6H8O.C3H3Br.CO2.CH4/c1-16-14-18-15-17(18)10-7-8-11-19(12-9-13-20(22)23-16)24-25(5,6)21(2,3)4;1-10-6-12-7-11(12)4-2-3-5-13(21)8-14-17(19(24)25-10)15(22)9-16(23)18(14)20;1-3-7-5-8(7)4-6(2)9;1-2-3-4-5-6-7;1-2-3-4;2-1-3;/h7-8,10-11,16-19H,12,14-15H2,1-6H3;2-5,9-12,22-23H,6-8H2,1H3;3,6-9H,1,4-5H2,2H3;2-6H,1H3;1H,3H2;;1H4/b10-7-,11-8+;4-2-,5-3+;;3-2+,5-4+;;;/t16-,17+,18+,19?;10-,11+,12+;6-,7-,8-;;;;/m110..../s1. The highest BCUT2D eigenvalue weighted by Crippen LogP contribution is 2.45. The predicted octanol–water partition coefficient (Wildman–Crippen LogP) is 12.4. The Labute approximate surface area is 455 Å². The number of terminal acetylenes is 1. The van der Waals surface area contributed by atoms with Gasteiger partial charge in [-0.05, 0) is 132 Å². The number of fused-ring (bicyclic) bond motifs is 3. The minimum atomic E-state index is -1.89. The zero-order valence-corrected chi connectivity index (χ0v) is 47.2. The summed E-state index contributed by atoms with van der Waals surface area (Å²) in [5, 5.41) is 29.5. The first-order chi connectivity index (χ1) is 34.4. The molecule has 6 rings (SSSR count). The number of hydrogen-bond donors (Lipinski definition) is 3. The second kappa shape index (κ2) is 35.8. The lowest BCUT2D eigenvalue weighted by Gasteiger charge is -2.38. The van der Waals surface area contributed by atoms with E-state index in [0.29, 0.717) is 41.3 Å². The van der Waals surface area contributed by atoms with E-state index in [9.17, 15) is 29.4 Å². The third-order valence-corrected chi connectivity index (χ3v) is 17.8. The highest BCUT2D eigenvalue weighted by molar-refractivity contribution is 9.09. The minimum Gasteiger partial charge on any atom is -0.507 e. The molecule has 3 saturated carbocycles. The van der Waals surface area contributed by atoms with E-state index in [2.05, 4.69) is 98.4 Å². The molecule has 1 aromatic carbocycles. The summed E-state index contributed by atoms with van der Waals surface area (Å²) in [5.74, 6) is 9.17. The zero-order valence-electron chi connectivity index (χ0n) is 43.9. The van der Waals surface area contributed by atoms with Crippen molar-refractivity contribution in [3.8, 4) is 35.7 Å². The lowest BCUT2D eigenvalue weighted by molar-refractivity contribution is -0.191. The van der Waals surface area contributed by atoms with Gasteiger partial charge in [0.05, 0.1) is 28.7 Å². The van der Waals surface area contributed by atoms with Gasteiger partial charge in [-0.3, -0.25) is 9.59 Å². The van der Waals surface area contributed by atoms with Crippen molar-refractivity contribution < 1.29 is 58.0 Å². The van der Waals surface area contributed by atoms with Gasteiger partial charge in [-0.25, -0.2) is 9.59 Å². The smallest absolute Gasteiger partial charge is 0.384 e. The largest absolute Gasteiger partial charge is 0.507 e. The van der Waals surface area contributed by atoms with Crippen LogP contribution in [0.3, 0.4) is 0 Å². The number of aliphatic hydroxyl groups is 1. The molecule has 74 heavy (non-hydrogen) atoms. The number of ketones is 1. The molecule has 3 aliphatic carbocycles. The monoisotopic (exact) mass is 1120 g/mol. The highest BCUT2D eigenvalue weighted by Gasteiger charge is 2.40. The lowest BCUT2D eigenvalue weighted by atomic mass is 10.00. The topological polar surface area (TPSA) is 191 Å². The number of rotatable bonds is 7. The summed E-state index contributed by atoms with van der Waals surface area (Å²) < 4.78 is 17.3. The number of carbonyl (C=O) groups excluding carboxylic acids is 6. The maximum atomic E-state index is 12.5. The minimum absolute atomic E-state index is 0. The Morgan fingerprint density at radius 2 is 1.50 bits per heavy atom. The Morgan fingerprint density at radius 3 is 2.00 bits per heavy atom. The van der Waals surface area contributed by atoms with E-state index in [1.165, 1.54) is 25.0 Å². The van der Waals surface area contributed by atoms with Crippen LogP contribution in [0.25, 0.3) is 0 Å². The van der Waals surface area contributed by atoms with E-state index in [1.54, 1.807) is 25.2 Å². The number of cyclic esters (lactones) is 2. The van der Waals surface area contributed by atoms with Crippen molar-refractivity contribution in [1.29, 1.82) is 0 Å². The molecule has 3 N–H and O–H groups in total. The van der Waals surface area contributed by atoms with Crippen molar-refractivity contribution in [2.75, 3.05) is 5.33 Å². The SMILES string of the molecule is C.C#CCBr.C/C=C/C=C/C=O.C=C[C@H]1C[C@@H]1C[C@H](C)O.C[C@@H]1C[C@H]2C[C@@H]2/C=C\C=C\C(=O)Cc2c(Cl)c(O)cc(O)c2C(=O)O1.C[C@@H]1C[C@H]2C[C@@H]2/C=C\C=C\C(O[Si](C)(C)C(C)(C)C)CC#CC(=O)O1.O=C=O. The number of aromatic hydroxyl groups is 2. The second-order valence-electron chi connectivity index (χ2n) is 19.8. The first-order valence-electron chi connectivity index (χ1n) is 24.5. The average molecular weight is 1120 g/mol. The van der Waals surface area contributed by atoms with Crippen molar-refractivity contribution in [1.82, 2.24) is 0 Å². The Bertz CT molecular complexity index is 2300. The molecule has 10 atom stereocenters. The molecular formula is C59H80BrClO12Si. The van der Waals surface area contributed by atoms with Gasteiger partial charge >= 0.3 is 18.1 Å². The molecule has 5 aliphatic rings. The van der Waals surface area contributed by atoms with Crippen molar-refractivity contribution in [2.45, 2.75) is 150 Å². The summed E-state index contributed by atoms with van der Waals surface area (Å²) in [6.45, 7) is 22.3. The molecule has 2 aliphatic heterocycles. The zero-order chi connectivity index (χ0) is 55.3. The fraction of sp³-hybridized carbons (Fsp3) is 0.508. The number of benzene rings is 1. The van der Waals surface area contributed by atoms with Crippen LogP contribution < -0.4 is 0 Å². The van der Waals surface area contributed by atoms with Crippen LogP contribution in [0.15, 0.2) is 91.6 Å². The molecule has 1 unspecified atom stereocenters. The summed E-state index contributed by atoms with van der Waals surface area (Å²) in [4.78, 5) is 62.4. The van der Waals surface area contributed by atoms with E-state index < -0.39 is 31.8 Å². The third kappa shape index (κ3) is 27.8. The van der Waals surface area contributed by atoms with Crippen molar-refractivity contribution in [3.63, 3.8) is 0 Å². The van der Waals surface area contributed by atoms with Crippen molar-refractivity contribution >= 4 is 66.0 Å². The number of aliphatic hydroxyl groups excluding tert-OH is 1. The van der Waals surface area contributed by atoms with Crippen LogP contribution in [0.1, 0.15) is 117 Å². The summed E-state index contributed by atoms with van der Waals surface area (Å²) in [5.41, 5.74) is -0.104. The molecule has 406 valence electrons. The van der Waals surface area contributed by atoms with Crippen LogP contribution >= 0.6 is 27.5 Å². The van der Waals surface area contributed by atoms with E-state index in [4.69, 9.17) is 46.6 Å². The van der Waals surface area contributed by atoms with E-state index in [-0.39, 0.29) is 71.4 Å². The van der Waals surface area contributed by atoms with Crippen LogP contribution in [-0.2, 0) is 44.3 Å². The van der Waals surface area contributed by atoms with Crippen molar-refractivity contribution in [2.24, 2.45) is 35.5 Å². The van der Waals surface area contributed by atoms with Crippen LogP contribution in [0.4, 0.5) is 0 Å². The molecular weight excluding hydrogens is 1040 g/mol. The Hall–Kier alpha value is -5.31. The van der Waals surface area contributed by atoms with E-state index >= 15 is 0 Å². The molecule has 0 spiro atoms. The highest BCUT2D eigenvalue weighted by atomic mass is 79.9. The first kappa shape index (κ1) is 68.7. The molecule has 0 amide bonds. The second-order valence-corrected chi connectivity index (χ2v) is 25.5. The molecule has 0 radical (unpaired) electrons. The maximum absolute atomic E-state index is 12.5. The van der Waals surface area contributed by atoms with E-state index in [0.717, 1.165) is 44.0 Å². The fourth-order valence-corrected chi connectivity index (χ4v) is 8.94. The number of allylic oxidation sites excluding steroid dienone is 12. The summed E-state index contributed by atoms with van der Waals surface area (Å²) in [6, 6.07) is 0.982. The molecule has 3 fully saturated rings. The number of hydrogen-bond acceptors (Lipinski definition) is 12. The summed E-state index contributed by atoms with van der Waals surface area (Å²) >= 11 is 9.08. The fourth-order valence-electron chi connectivity index (χ4n) is 7.45. The number of alkyl halides is 1. The van der Waals surface area contributed by atoms with Gasteiger partial charge in [0.25, 0.3) is 0 Å². The lowest BCUT2D eigenvalue weighted by Crippen LogP contribution is -2.43. The maximum Gasteiger partial charge on any atom is 0.384 e. The van der Waals surface area contributed by atoms with Crippen molar-refractivity contribution in [3.05, 3.63) is 108 Å². The average Bonchev–Trinajstić information content (AvgIpc) is 4.26. The Morgan fingerprint density at radius 1 is 0.946 bits per heavy atom. The number of esters is 2. The van der Waals surface area contributed by atoms with Crippen LogP contribution in [0.5, 0.6) is 11.5 Å². The predicted molar refractivity (Wildman–Crippen MR) is 300 cm³/mol. The molecule has 12 nitrogen and oxygen atoms in total. The molecule has 0 aromatic heterocycles. The molecule has 0 bridgehead atoms. The number of aldehydes is 1. The number of carbonyl (C=O) groups is 4. The molecule has 2 heterocycles. The number of phenols is 2. The number of halogens is 2. The van der Waals surface area contributed by atoms with E-state index in [1.807, 2.05) is 45.1 Å². The normalized spacial score (nSPS) is 26.7. The van der Waals surface area contributed by atoms with Gasteiger partial charge in [0, 0.05) is 30.4 Å². The molecule has 0 saturated heterocycles. The van der Waals surface area contributed by atoms with Gasteiger partial charge in [0.15, 0.2) is 14.1 Å². The molecule has 1 aromatic rings. The Balaban J connectivity index is 0.00000101. The van der Waals surface area contributed by atoms with Crippen LogP contribution in [-0.4, -0.2) is 83.5 Å². The van der Waals surface area contributed by atoms with Gasteiger partial charge < -0.3 is 29.2 Å². The summed E-state index contributed by atoms with van der Waals surface area (Å²) in [6.07, 6.45) is 35.7. The Kier molecular flexibility index (Phi) is 33.2. The number of ether oxygens (including phenoxy) is 2. The summed E-state index contributed by atoms with van der Waals surface area (Å²) in [7, 11) is -1.89. The van der Waals surface area contributed by atoms with Gasteiger partial charge in [-0.2, -0.15) is 9.59 Å².